The van der Waals surface area contributed by atoms with Crippen molar-refractivity contribution in [1.29, 1.82) is 0 Å². The summed E-state index contributed by atoms with van der Waals surface area (Å²) >= 11 is 0. The summed E-state index contributed by atoms with van der Waals surface area (Å²) in [4.78, 5) is 28.3. The molecule has 11 nitrogen and oxygen atoms in total. The Balaban J connectivity index is 1.22. The van der Waals surface area contributed by atoms with E-state index in [9.17, 15) is 13.9 Å². The van der Waals surface area contributed by atoms with Crippen LogP contribution < -0.4 is 19.2 Å². The highest BCUT2D eigenvalue weighted by Crippen LogP contribution is 2.57. The number of anilines is 3. The molecular weight excluding hydrogens is 456 g/mol. The third-order valence-electron chi connectivity index (χ3n) is 6.85. The number of fused-ring (bicyclic) bond motifs is 2. The molecule has 0 spiro atoms. The van der Waals surface area contributed by atoms with Crippen LogP contribution in [-0.4, -0.2) is 60.2 Å². The van der Waals surface area contributed by atoms with Crippen LogP contribution in [0.4, 0.5) is 17.2 Å². The molecule has 3 aliphatic rings. The molecule has 1 aliphatic carbocycles. The molecule has 2 aromatic heterocycles. The molecule has 34 heavy (non-hydrogen) atoms. The Morgan fingerprint density at radius 2 is 1.94 bits per heavy atom. The normalized spacial score (nSPS) is 20.8. The van der Waals surface area contributed by atoms with E-state index in [0.717, 1.165) is 24.2 Å². The van der Waals surface area contributed by atoms with Crippen LogP contribution in [0.3, 0.4) is 0 Å². The van der Waals surface area contributed by atoms with Crippen molar-refractivity contribution < 1.29 is 13.9 Å². The van der Waals surface area contributed by atoms with Crippen molar-refractivity contribution in [2.24, 2.45) is 13.0 Å². The Labute approximate surface area is 198 Å². The summed E-state index contributed by atoms with van der Waals surface area (Å²) < 4.78 is 27.7. The minimum Gasteiger partial charge on any atom is -0.354 e. The van der Waals surface area contributed by atoms with Gasteiger partial charge in [-0.25, -0.2) is 19.3 Å². The number of aryl methyl sites for hydroxylation is 1. The third kappa shape index (κ3) is 3.62. The van der Waals surface area contributed by atoms with Gasteiger partial charge in [0, 0.05) is 26.7 Å². The SMILES string of the molecule is Cn1c(C(=O)NCC2CC2)nc2c(N3CCC(N4c5ccccc5NS4(O)O)CC3)ncnc21. The van der Waals surface area contributed by atoms with E-state index >= 15 is 0 Å². The molecule has 0 radical (unpaired) electrons. The van der Waals surface area contributed by atoms with Gasteiger partial charge in [-0.15, -0.1) is 0 Å². The number of carbonyl (C=O) groups is 1. The Morgan fingerprint density at radius 3 is 2.71 bits per heavy atom. The van der Waals surface area contributed by atoms with E-state index in [1.165, 1.54) is 19.2 Å². The fraction of sp³-hybridized carbons (Fsp3) is 0.455. The second-order valence-electron chi connectivity index (χ2n) is 9.20. The van der Waals surface area contributed by atoms with Crippen LogP contribution in [0, 0.1) is 5.92 Å². The lowest BCUT2D eigenvalue weighted by molar-refractivity contribution is 0.0938. The molecule has 2 fully saturated rings. The van der Waals surface area contributed by atoms with Crippen molar-refractivity contribution in [3.05, 3.63) is 36.4 Å². The lowest BCUT2D eigenvalue weighted by Gasteiger charge is -2.45. The van der Waals surface area contributed by atoms with Crippen LogP contribution in [0.5, 0.6) is 0 Å². The summed E-state index contributed by atoms with van der Waals surface area (Å²) in [6.07, 6.45) is 5.29. The highest BCUT2D eigenvalue weighted by atomic mass is 32.3. The number of para-hydroxylation sites is 2. The molecular formula is C22H28N8O3S. The van der Waals surface area contributed by atoms with E-state index in [1.54, 1.807) is 15.9 Å². The van der Waals surface area contributed by atoms with Crippen LogP contribution in [0.1, 0.15) is 36.3 Å². The number of hydrogen-bond donors (Lipinski definition) is 4. The fourth-order valence-corrected chi connectivity index (χ4v) is 6.49. The number of imidazole rings is 1. The second kappa shape index (κ2) is 8.00. The minimum atomic E-state index is -3.10. The molecule has 12 heteroatoms. The average Bonchev–Trinajstić information content (AvgIpc) is 3.54. The summed E-state index contributed by atoms with van der Waals surface area (Å²) in [6, 6.07) is 7.52. The summed E-state index contributed by atoms with van der Waals surface area (Å²) in [5.74, 6) is 1.43. The van der Waals surface area contributed by atoms with Crippen LogP contribution >= 0.6 is 11.0 Å². The van der Waals surface area contributed by atoms with Gasteiger partial charge in [0.15, 0.2) is 17.0 Å². The number of benzene rings is 1. The van der Waals surface area contributed by atoms with Crippen LogP contribution in [0.2, 0.25) is 0 Å². The average molecular weight is 485 g/mol. The molecule has 6 rings (SSSR count). The predicted octanol–water partition coefficient (Wildman–Crippen LogP) is 2.98. The molecule has 1 aromatic carbocycles. The molecule has 4 N–H and O–H groups in total. The molecule has 3 aromatic rings. The second-order valence-corrected chi connectivity index (χ2v) is 10.8. The van der Waals surface area contributed by atoms with Crippen LogP contribution in [0.25, 0.3) is 11.2 Å². The molecule has 180 valence electrons. The number of aromatic nitrogens is 4. The van der Waals surface area contributed by atoms with Gasteiger partial charge in [-0.05, 0) is 54.7 Å². The largest absolute Gasteiger partial charge is 0.354 e. The third-order valence-corrected chi connectivity index (χ3v) is 8.38. The van der Waals surface area contributed by atoms with E-state index in [2.05, 4.69) is 29.9 Å². The molecule has 0 unspecified atom stereocenters. The van der Waals surface area contributed by atoms with Crippen molar-refractivity contribution in [3.63, 3.8) is 0 Å². The Hall–Kier alpha value is -3.09. The number of nitrogens with zero attached hydrogens (tertiary/aromatic N) is 6. The number of nitrogens with one attached hydrogen (secondary N) is 2. The van der Waals surface area contributed by atoms with Gasteiger partial charge < -0.3 is 14.8 Å². The minimum absolute atomic E-state index is 0.0257. The first-order chi connectivity index (χ1) is 16.4. The number of piperidine rings is 1. The molecule has 0 bridgehead atoms. The van der Waals surface area contributed by atoms with Crippen molar-refractivity contribution >= 4 is 45.2 Å². The van der Waals surface area contributed by atoms with E-state index in [-0.39, 0.29) is 11.9 Å². The maximum Gasteiger partial charge on any atom is 0.287 e. The molecule has 1 saturated carbocycles. The molecule has 1 saturated heterocycles. The smallest absolute Gasteiger partial charge is 0.287 e. The molecule has 4 heterocycles. The summed E-state index contributed by atoms with van der Waals surface area (Å²) in [6.45, 7) is 2.03. The van der Waals surface area contributed by atoms with Gasteiger partial charge in [0.25, 0.3) is 5.91 Å². The fourth-order valence-electron chi connectivity index (χ4n) is 4.86. The quantitative estimate of drug-likeness (QED) is 0.431. The van der Waals surface area contributed by atoms with Crippen LogP contribution in [-0.2, 0) is 7.05 Å². The number of amides is 1. The van der Waals surface area contributed by atoms with Gasteiger partial charge in [0.1, 0.15) is 6.33 Å². The highest BCUT2D eigenvalue weighted by Gasteiger charge is 2.39. The summed E-state index contributed by atoms with van der Waals surface area (Å²) in [7, 11) is -1.30. The lowest BCUT2D eigenvalue weighted by atomic mass is 10.0. The zero-order chi connectivity index (χ0) is 23.4. The van der Waals surface area contributed by atoms with Gasteiger partial charge in [-0.2, -0.15) is 0 Å². The zero-order valence-electron chi connectivity index (χ0n) is 18.9. The molecule has 2 aliphatic heterocycles. The number of hydrogen-bond acceptors (Lipinski definition) is 9. The Kier molecular flexibility index (Phi) is 5.04. The van der Waals surface area contributed by atoms with E-state index in [4.69, 9.17) is 0 Å². The first-order valence-electron chi connectivity index (χ1n) is 11.6. The molecule has 0 atom stereocenters. The topological polar surface area (TPSA) is 132 Å². The number of rotatable bonds is 5. The van der Waals surface area contributed by atoms with Gasteiger partial charge >= 0.3 is 0 Å². The maximum atomic E-state index is 12.7. The van der Waals surface area contributed by atoms with Crippen molar-refractivity contribution in [1.82, 2.24) is 24.8 Å². The maximum absolute atomic E-state index is 12.7. The van der Waals surface area contributed by atoms with Gasteiger partial charge in [0.2, 0.25) is 5.82 Å². The van der Waals surface area contributed by atoms with E-state index < -0.39 is 11.0 Å². The highest BCUT2D eigenvalue weighted by molar-refractivity contribution is 8.26. The summed E-state index contributed by atoms with van der Waals surface area (Å²) in [5.41, 5.74) is 2.79. The lowest BCUT2D eigenvalue weighted by Crippen LogP contribution is -2.45. The van der Waals surface area contributed by atoms with E-state index in [0.29, 0.717) is 48.4 Å². The van der Waals surface area contributed by atoms with Crippen molar-refractivity contribution in [2.45, 2.75) is 31.7 Å². The predicted molar refractivity (Wildman–Crippen MR) is 132 cm³/mol. The summed E-state index contributed by atoms with van der Waals surface area (Å²) in [5, 5.41) is 2.97. The van der Waals surface area contributed by atoms with E-state index in [1.807, 2.05) is 24.3 Å². The van der Waals surface area contributed by atoms with Gasteiger partial charge in [-0.3, -0.25) is 18.6 Å². The Bertz CT molecular complexity index is 1250. The van der Waals surface area contributed by atoms with Gasteiger partial charge in [-0.1, -0.05) is 12.1 Å². The van der Waals surface area contributed by atoms with Crippen molar-refractivity contribution in [2.75, 3.05) is 33.6 Å². The zero-order valence-corrected chi connectivity index (χ0v) is 19.7. The number of carbonyl (C=O) groups excluding carboxylic acids is 1. The first-order valence-corrected chi connectivity index (χ1v) is 13.1. The molecule has 1 amide bonds. The van der Waals surface area contributed by atoms with Crippen molar-refractivity contribution in [3.8, 4) is 0 Å². The van der Waals surface area contributed by atoms with Crippen LogP contribution in [0.15, 0.2) is 30.6 Å². The monoisotopic (exact) mass is 484 g/mol. The van der Waals surface area contributed by atoms with Gasteiger partial charge in [0.05, 0.1) is 17.4 Å². The standard InChI is InChI=1S/C22H28N8O3S/c1-28-19-18(26-21(28)22(31)23-12-14-6-7-14)20(25-13-24-19)29-10-8-15(9-11-29)30-17-5-3-2-4-16(17)27-34(30,32)33/h2-5,13-15,27,32-33H,6-12H2,1H3,(H,23,31). The Morgan fingerprint density at radius 1 is 1.18 bits per heavy atom. The first kappa shape index (κ1) is 21.4.